The topological polar surface area (TPSA) is 147 Å². The average Bonchev–Trinajstić information content (AvgIpc) is 3.40. The molecular weight excluding hydrogens is 733 g/mol. The molecule has 2 saturated heterocycles. The summed E-state index contributed by atoms with van der Waals surface area (Å²) >= 11 is 0. The van der Waals surface area contributed by atoms with E-state index in [1.54, 1.807) is 52.1 Å². The summed E-state index contributed by atoms with van der Waals surface area (Å²) in [7, 11) is 2.80. The number of aliphatic hydroxyl groups excluding tert-OH is 1. The van der Waals surface area contributed by atoms with Gasteiger partial charge < -0.3 is 29.2 Å². The lowest BCUT2D eigenvalue weighted by Gasteiger charge is -2.42. The number of carbonyl (C=O) groups is 3. The zero-order valence-corrected chi connectivity index (χ0v) is 33.5. The van der Waals surface area contributed by atoms with E-state index in [4.69, 9.17) is 14.2 Å². The monoisotopic (exact) mass is 788 g/mol. The highest BCUT2D eigenvalue weighted by Crippen LogP contribution is 2.43. The van der Waals surface area contributed by atoms with Gasteiger partial charge in [0.05, 0.1) is 24.6 Å². The maximum Gasteiger partial charge on any atom is 0.408 e. The Morgan fingerprint density at radius 1 is 1.09 bits per heavy atom. The molecule has 2 aromatic heterocycles. The van der Waals surface area contributed by atoms with Gasteiger partial charge in [0, 0.05) is 68.5 Å². The van der Waals surface area contributed by atoms with E-state index in [1.165, 1.54) is 23.8 Å². The summed E-state index contributed by atoms with van der Waals surface area (Å²) in [5.74, 6) is -0.943. The lowest BCUT2D eigenvalue weighted by Crippen LogP contribution is -2.63. The van der Waals surface area contributed by atoms with Gasteiger partial charge in [0.25, 0.3) is 5.91 Å². The number of hydrazine groups is 1. The minimum atomic E-state index is -4.53. The maximum atomic E-state index is 14.3. The SMILES string of the molecule is COC(=O)[C@@H]1CCCN(C(=O)[C@H](CN2CC(c3ccc4c(c3)c(CC(C)(C)CO)c(-c3cccnc3[C@H](C)OC)n4CC(F)(F)F)C2)NC(=O)OC(C)(C)C)N1. The summed E-state index contributed by atoms with van der Waals surface area (Å²) in [6.07, 6.45) is -2.85. The van der Waals surface area contributed by atoms with Gasteiger partial charge in [0.15, 0.2) is 0 Å². The molecule has 5 rings (SSSR count). The van der Waals surface area contributed by atoms with Gasteiger partial charge in [0.2, 0.25) is 0 Å². The number of nitrogens with zero attached hydrogens (tertiary/aromatic N) is 4. The summed E-state index contributed by atoms with van der Waals surface area (Å²) < 4.78 is 60.2. The number of aliphatic hydroxyl groups is 1. The number of alkyl halides is 3. The largest absolute Gasteiger partial charge is 0.468 e. The number of likely N-dealkylation sites (tertiary alicyclic amines) is 1. The number of rotatable bonds is 13. The van der Waals surface area contributed by atoms with E-state index in [2.05, 4.69) is 15.7 Å². The van der Waals surface area contributed by atoms with Crippen LogP contribution < -0.4 is 10.7 Å². The van der Waals surface area contributed by atoms with E-state index in [1.807, 2.05) is 30.9 Å². The van der Waals surface area contributed by atoms with Crippen molar-refractivity contribution >= 4 is 28.9 Å². The van der Waals surface area contributed by atoms with Crippen LogP contribution in [-0.2, 0) is 36.8 Å². The Bertz CT molecular complexity index is 1890. The standard InChI is InChI=1S/C40H55F3N6O7/c1-24(54-7)33-27(11-9-15-44-33)34-29(18-39(5,6)23-50)28-17-25(13-14-32(28)48(34)22-40(41,42)43)26-19-47(20-26)21-31(45-37(53)56-38(2,3)4)35(51)49-16-10-12-30(46-49)36(52)55-8/h9,11,13-15,17,24,26,30-31,46,50H,10,12,16,18-23H2,1-8H3,(H,45,53)/t24-,30-,31-/m0/s1. The van der Waals surface area contributed by atoms with Gasteiger partial charge in [-0.2, -0.15) is 13.2 Å². The van der Waals surface area contributed by atoms with Crippen LogP contribution in [0, 0.1) is 5.41 Å². The second-order valence-electron chi connectivity index (χ2n) is 16.6. The molecule has 0 unspecified atom stereocenters. The van der Waals surface area contributed by atoms with Crippen LogP contribution in [0.4, 0.5) is 18.0 Å². The van der Waals surface area contributed by atoms with Gasteiger partial charge >= 0.3 is 18.2 Å². The molecule has 16 heteroatoms. The molecule has 0 aliphatic carbocycles. The zero-order valence-electron chi connectivity index (χ0n) is 33.5. The summed E-state index contributed by atoms with van der Waals surface area (Å²) in [6.45, 7) is 10.8. The summed E-state index contributed by atoms with van der Waals surface area (Å²) in [4.78, 5) is 45.5. The number of carbonyl (C=O) groups excluding carboxylic acids is 3. The Morgan fingerprint density at radius 3 is 2.43 bits per heavy atom. The van der Waals surface area contributed by atoms with Gasteiger partial charge in [-0.15, -0.1) is 0 Å². The number of methoxy groups -OCH3 is 2. The number of halogens is 3. The fourth-order valence-corrected chi connectivity index (χ4v) is 7.38. The van der Waals surface area contributed by atoms with E-state index in [9.17, 15) is 32.7 Å². The molecule has 2 aliphatic rings. The Kier molecular flexibility index (Phi) is 13.1. The van der Waals surface area contributed by atoms with E-state index in [0.29, 0.717) is 65.9 Å². The van der Waals surface area contributed by atoms with Crippen LogP contribution in [0.1, 0.15) is 83.2 Å². The fraction of sp³-hybridized carbons (Fsp3) is 0.600. The molecule has 0 bridgehead atoms. The minimum Gasteiger partial charge on any atom is -0.468 e. The molecule has 4 heterocycles. The number of hydrogen-bond donors (Lipinski definition) is 3. The highest BCUT2D eigenvalue weighted by Gasteiger charge is 2.39. The molecule has 0 radical (unpaired) electrons. The molecule has 1 aromatic carbocycles. The van der Waals surface area contributed by atoms with Crippen molar-refractivity contribution in [3.05, 3.63) is 53.3 Å². The second kappa shape index (κ2) is 17.1. The molecule has 2 fully saturated rings. The number of hydrogen-bond acceptors (Lipinski definition) is 10. The molecule has 2 aliphatic heterocycles. The Hall–Kier alpha value is -4.25. The fourth-order valence-electron chi connectivity index (χ4n) is 7.38. The quantitative estimate of drug-likeness (QED) is 0.190. The number of amides is 2. The molecule has 308 valence electrons. The van der Waals surface area contributed by atoms with Gasteiger partial charge in [-0.05, 0) is 87.8 Å². The van der Waals surface area contributed by atoms with E-state index in [-0.39, 0.29) is 25.5 Å². The second-order valence-corrected chi connectivity index (χ2v) is 16.6. The number of ether oxygens (including phenoxy) is 3. The van der Waals surface area contributed by atoms with Crippen molar-refractivity contribution in [2.45, 2.75) is 103 Å². The molecule has 3 atom stereocenters. The van der Waals surface area contributed by atoms with Crippen molar-refractivity contribution in [1.82, 2.24) is 30.2 Å². The third kappa shape index (κ3) is 10.2. The summed E-state index contributed by atoms with van der Waals surface area (Å²) in [6, 6.07) is 7.26. The van der Waals surface area contributed by atoms with E-state index < -0.39 is 59.9 Å². The number of alkyl carbamates (subject to hydrolysis) is 1. The van der Waals surface area contributed by atoms with Crippen LogP contribution in [0.25, 0.3) is 22.2 Å². The first-order chi connectivity index (χ1) is 26.2. The van der Waals surface area contributed by atoms with Crippen molar-refractivity contribution < 1.29 is 46.9 Å². The van der Waals surface area contributed by atoms with Gasteiger partial charge in [-0.1, -0.05) is 19.9 Å². The Balaban J connectivity index is 1.47. The molecule has 2 amide bonds. The third-order valence-electron chi connectivity index (χ3n) is 10.2. The first kappa shape index (κ1) is 42.9. The third-order valence-corrected chi connectivity index (χ3v) is 10.2. The molecule has 3 aromatic rings. The lowest BCUT2D eigenvalue weighted by atomic mass is 9.83. The minimum absolute atomic E-state index is 0.0240. The number of benzene rings is 1. The predicted molar refractivity (Wildman–Crippen MR) is 203 cm³/mol. The van der Waals surface area contributed by atoms with Crippen molar-refractivity contribution in [3.63, 3.8) is 0 Å². The molecule has 3 N–H and O–H groups in total. The van der Waals surface area contributed by atoms with E-state index >= 15 is 0 Å². The smallest absolute Gasteiger partial charge is 0.408 e. The molecule has 0 spiro atoms. The van der Waals surface area contributed by atoms with Crippen LogP contribution in [0.15, 0.2) is 36.5 Å². The lowest BCUT2D eigenvalue weighted by molar-refractivity contribution is -0.150. The van der Waals surface area contributed by atoms with Crippen LogP contribution >= 0.6 is 0 Å². The zero-order chi connectivity index (χ0) is 41.2. The first-order valence-electron chi connectivity index (χ1n) is 18.9. The van der Waals surface area contributed by atoms with Gasteiger partial charge in [-0.25, -0.2) is 10.2 Å². The highest BCUT2D eigenvalue weighted by molar-refractivity contribution is 5.93. The van der Waals surface area contributed by atoms with Crippen LogP contribution in [-0.4, -0.2) is 113 Å². The molecule has 13 nitrogen and oxygen atoms in total. The Morgan fingerprint density at radius 2 is 1.80 bits per heavy atom. The predicted octanol–water partition coefficient (Wildman–Crippen LogP) is 5.50. The van der Waals surface area contributed by atoms with Gasteiger partial charge in [-0.3, -0.25) is 24.5 Å². The summed E-state index contributed by atoms with van der Waals surface area (Å²) in [5.41, 5.74) is 4.88. The Labute approximate surface area is 325 Å². The number of esters is 1. The number of pyridine rings is 1. The molecule has 0 saturated carbocycles. The summed E-state index contributed by atoms with van der Waals surface area (Å²) in [5, 5.41) is 15.0. The normalized spacial score (nSPS) is 18.4. The number of nitrogens with one attached hydrogen (secondary N) is 2. The average molecular weight is 789 g/mol. The van der Waals surface area contributed by atoms with Crippen LogP contribution in [0.3, 0.4) is 0 Å². The first-order valence-corrected chi connectivity index (χ1v) is 18.9. The van der Waals surface area contributed by atoms with Crippen LogP contribution in [0.2, 0.25) is 0 Å². The highest BCUT2D eigenvalue weighted by atomic mass is 19.4. The van der Waals surface area contributed by atoms with Crippen molar-refractivity contribution in [3.8, 4) is 11.3 Å². The number of fused-ring (bicyclic) bond motifs is 1. The molecule has 56 heavy (non-hydrogen) atoms. The van der Waals surface area contributed by atoms with Crippen LogP contribution in [0.5, 0.6) is 0 Å². The molecular formula is C40H55F3N6O7. The number of aromatic nitrogens is 2. The van der Waals surface area contributed by atoms with Gasteiger partial charge in [0.1, 0.15) is 24.2 Å². The van der Waals surface area contributed by atoms with Crippen molar-refractivity contribution in [1.29, 1.82) is 0 Å². The van der Waals surface area contributed by atoms with E-state index in [0.717, 1.165) is 5.56 Å². The van der Waals surface area contributed by atoms with Crippen molar-refractivity contribution in [2.24, 2.45) is 5.41 Å². The van der Waals surface area contributed by atoms with Crippen molar-refractivity contribution in [2.75, 3.05) is 47.0 Å². The maximum absolute atomic E-state index is 14.3.